The molecule has 29 heavy (non-hydrogen) atoms. The summed E-state index contributed by atoms with van der Waals surface area (Å²) in [6, 6.07) is 18.9. The number of hydrogen-bond donors (Lipinski definition) is 1. The topological polar surface area (TPSA) is 67.9 Å². The van der Waals surface area contributed by atoms with Crippen LogP contribution in [0.1, 0.15) is 10.4 Å². The highest BCUT2D eigenvalue weighted by Gasteiger charge is 2.25. The molecule has 1 aliphatic rings. The predicted octanol–water partition coefficient (Wildman–Crippen LogP) is 4.74. The molecular formula is C22H17ClN2O4. The number of para-hydroxylation sites is 1. The van der Waals surface area contributed by atoms with Gasteiger partial charge in [0.25, 0.3) is 11.8 Å². The van der Waals surface area contributed by atoms with E-state index in [1.54, 1.807) is 67.7 Å². The maximum atomic E-state index is 12.7. The van der Waals surface area contributed by atoms with Crippen molar-refractivity contribution in [2.24, 2.45) is 0 Å². The summed E-state index contributed by atoms with van der Waals surface area (Å²) in [7, 11) is 1.67. The lowest BCUT2D eigenvalue weighted by Gasteiger charge is -2.17. The Morgan fingerprint density at radius 1 is 1.07 bits per heavy atom. The number of halogens is 1. The second-order valence-electron chi connectivity index (χ2n) is 6.44. The number of ether oxygens (including phenoxy) is 2. The highest BCUT2D eigenvalue weighted by Crippen LogP contribution is 2.39. The van der Waals surface area contributed by atoms with Crippen LogP contribution in [0.25, 0.3) is 0 Å². The van der Waals surface area contributed by atoms with Crippen molar-refractivity contribution in [3.63, 3.8) is 0 Å². The number of anilines is 2. The van der Waals surface area contributed by atoms with Crippen molar-refractivity contribution in [1.29, 1.82) is 0 Å². The van der Waals surface area contributed by atoms with Crippen LogP contribution in [-0.4, -0.2) is 25.5 Å². The quantitative estimate of drug-likeness (QED) is 0.677. The molecule has 146 valence electrons. The number of amides is 2. The van der Waals surface area contributed by atoms with E-state index in [9.17, 15) is 9.59 Å². The van der Waals surface area contributed by atoms with Gasteiger partial charge in [-0.2, -0.15) is 0 Å². The van der Waals surface area contributed by atoms with E-state index in [0.29, 0.717) is 39.2 Å². The molecule has 0 bridgehead atoms. The normalized spacial score (nSPS) is 12.3. The van der Waals surface area contributed by atoms with Crippen molar-refractivity contribution in [3.8, 4) is 17.2 Å². The molecule has 1 heterocycles. The van der Waals surface area contributed by atoms with E-state index >= 15 is 0 Å². The Morgan fingerprint density at radius 3 is 2.62 bits per heavy atom. The third kappa shape index (κ3) is 4.02. The predicted molar refractivity (Wildman–Crippen MR) is 111 cm³/mol. The zero-order valence-electron chi connectivity index (χ0n) is 15.5. The maximum Gasteiger partial charge on any atom is 0.262 e. The maximum absolute atomic E-state index is 12.7. The lowest BCUT2D eigenvalue weighted by molar-refractivity contribution is -0.118. The molecule has 1 N–H and O–H groups in total. The van der Waals surface area contributed by atoms with E-state index in [-0.39, 0.29) is 18.4 Å². The number of rotatable bonds is 4. The van der Waals surface area contributed by atoms with Gasteiger partial charge in [-0.05, 0) is 54.6 Å². The number of benzene rings is 3. The van der Waals surface area contributed by atoms with E-state index in [4.69, 9.17) is 21.1 Å². The first-order valence-electron chi connectivity index (χ1n) is 8.88. The van der Waals surface area contributed by atoms with Crippen LogP contribution in [0.5, 0.6) is 17.2 Å². The fraction of sp³-hybridized carbons (Fsp3) is 0.0909. The van der Waals surface area contributed by atoms with Crippen molar-refractivity contribution in [2.75, 3.05) is 23.9 Å². The van der Waals surface area contributed by atoms with Gasteiger partial charge in [-0.15, -0.1) is 0 Å². The van der Waals surface area contributed by atoms with Gasteiger partial charge >= 0.3 is 0 Å². The van der Waals surface area contributed by atoms with E-state index in [0.717, 1.165) is 0 Å². The van der Waals surface area contributed by atoms with Crippen LogP contribution in [-0.2, 0) is 4.79 Å². The van der Waals surface area contributed by atoms with E-state index in [1.807, 2.05) is 6.07 Å². The monoisotopic (exact) mass is 408 g/mol. The first-order valence-corrected chi connectivity index (χ1v) is 9.26. The fourth-order valence-corrected chi connectivity index (χ4v) is 3.09. The molecule has 0 fully saturated rings. The molecule has 0 radical (unpaired) electrons. The van der Waals surface area contributed by atoms with E-state index in [2.05, 4.69) is 5.32 Å². The summed E-state index contributed by atoms with van der Waals surface area (Å²) in [6.07, 6.45) is 0. The fourth-order valence-electron chi connectivity index (χ4n) is 2.96. The Balaban J connectivity index is 1.49. The minimum atomic E-state index is -0.327. The van der Waals surface area contributed by atoms with Crippen molar-refractivity contribution in [2.45, 2.75) is 0 Å². The average Bonchev–Trinajstić information content (AvgIpc) is 2.83. The molecule has 0 unspecified atom stereocenters. The first-order chi connectivity index (χ1) is 14.0. The van der Waals surface area contributed by atoms with Crippen LogP contribution >= 0.6 is 11.6 Å². The van der Waals surface area contributed by atoms with E-state index in [1.165, 1.54) is 4.90 Å². The summed E-state index contributed by atoms with van der Waals surface area (Å²) in [5.41, 5.74) is 1.57. The minimum absolute atomic E-state index is 0.157. The summed E-state index contributed by atoms with van der Waals surface area (Å²) in [5, 5.41) is 3.36. The summed E-state index contributed by atoms with van der Waals surface area (Å²) >= 11 is 5.83. The average molecular weight is 409 g/mol. The van der Waals surface area contributed by atoms with Gasteiger partial charge in [-0.3, -0.25) is 9.59 Å². The summed E-state index contributed by atoms with van der Waals surface area (Å²) in [6.45, 7) is -0.157. The summed E-state index contributed by atoms with van der Waals surface area (Å²) < 4.78 is 11.4. The zero-order chi connectivity index (χ0) is 20.4. The Labute approximate surface area is 172 Å². The lowest BCUT2D eigenvalue weighted by atomic mass is 10.2. The van der Waals surface area contributed by atoms with Crippen molar-refractivity contribution >= 4 is 34.8 Å². The zero-order valence-corrected chi connectivity index (χ0v) is 16.3. The van der Waals surface area contributed by atoms with Gasteiger partial charge in [0.1, 0.15) is 11.5 Å². The Hall–Kier alpha value is -3.51. The SMILES string of the molecule is CN1C(=O)c2ccccc2Oc2ccc(NC(=O)COc3ccc(Cl)cc3)cc21. The molecule has 3 aromatic carbocycles. The number of hydrogen-bond acceptors (Lipinski definition) is 4. The lowest BCUT2D eigenvalue weighted by Crippen LogP contribution is -2.25. The molecule has 0 aliphatic carbocycles. The second kappa shape index (κ2) is 7.85. The van der Waals surface area contributed by atoms with Crippen molar-refractivity contribution in [1.82, 2.24) is 0 Å². The van der Waals surface area contributed by atoms with Gasteiger partial charge in [0.2, 0.25) is 0 Å². The van der Waals surface area contributed by atoms with Gasteiger partial charge < -0.3 is 19.7 Å². The van der Waals surface area contributed by atoms with Crippen LogP contribution in [0.4, 0.5) is 11.4 Å². The molecule has 2 amide bonds. The summed E-state index contributed by atoms with van der Waals surface area (Å²) in [5.74, 6) is 1.06. The van der Waals surface area contributed by atoms with Gasteiger partial charge in [0, 0.05) is 17.8 Å². The van der Waals surface area contributed by atoms with Crippen molar-refractivity contribution < 1.29 is 19.1 Å². The minimum Gasteiger partial charge on any atom is -0.484 e. The molecule has 0 saturated carbocycles. The standard InChI is InChI=1S/C22H17ClN2O4/c1-25-18-12-15(24-21(26)13-28-16-9-6-14(23)7-10-16)8-11-20(18)29-19-5-3-2-4-17(19)22(25)27/h2-12H,13H2,1H3,(H,24,26). The third-order valence-electron chi connectivity index (χ3n) is 4.43. The summed E-state index contributed by atoms with van der Waals surface area (Å²) in [4.78, 5) is 26.5. The van der Waals surface area contributed by atoms with Gasteiger partial charge in [0.05, 0.1) is 11.3 Å². The Morgan fingerprint density at radius 2 is 1.83 bits per heavy atom. The third-order valence-corrected chi connectivity index (χ3v) is 4.68. The molecule has 0 aromatic heterocycles. The number of carbonyl (C=O) groups excluding carboxylic acids is 2. The Bertz CT molecular complexity index is 1080. The first kappa shape index (κ1) is 18.8. The van der Waals surface area contributed by atoms with Crippen LogP contribution in [0.15, 0.2) is 66.7 Å². The molecule has 7 heteroatoms. The highest BCUT2D eigenvalue weighted by molar-refractivity contribution is 6.30. The number of nitrogens with zero attached hydrogens (tertiary/aromatic N) is 1. The number of fused-ring (bicyclic) bond motifs is 2. The van der Waals surface area contributed by atoms with Crippen LogP contribution in [0.3, 0.4) is 0 Å². The van der Waals surface area contributed by atoms with Gasteiger partial charge in [0.15, 0.2) is 12.4 Å². The number of nitrogens with one attached hydrogen (secondary N) is 1. The van der Waals surface area contributed by atoms with Crippen LogP contribution in [0, 0.1) is 0 Å². The van der Waals surface area contributed by atoms with Gasteiger partial charge in [-0.25, -0.2) is 0 Å². The molecule has 0 saturated heterocycles. The molecular weight excluding hydrogens is 392 g/mol. The molecule has 0 spiro atoms. The molecule has 6 nitrogen and oxygen atoms in total. The second-order valence-corrected chi connectivity index (χ2v) is 6.87. The molecule has 4 rings (SSSR count). The van der Waals surface area contributed by atoms with E-state index < -0.39 is 0 Å². The highest BCUT2D eigenvalue weighted by atomic mass is 35.5. The van der Waals surface area contributed by atoms with Crippen molar-refractivity contribution in [3.05, 3.63) is 77.3 Å². The van der Waals surface area contributed by atoms with Crippen LogP contribution in [0.2, 0.25) is 5.02 Å². The van der Waals surface area contributed by atoms with Gasteiger partial charge in [-0.1, -0.05) is 23.7 Å². The largest absolute Gasteiger partial charge is 0.484 e. The molecule has 1 aliphatic heterocycles. The van der Waals surface area contributed by atoms with Crippen LogP contribution < -0.4 is 19.7 Å². The Kier molecular flexibility index (Phi) is 5.10. The number of carbonyl (C=O) groups is 2. The molecule has 3 aromatic rings. The molecule has 0 atom stereocenters. The smallest absolute Gasteiger partial charge is 0.262 e.